The van der Waals surface area contributed by atoms with Crippen LogP contribution in [0.15, 0.2) is 18.2 Å². The summed E-state index contributed by atoms with van der Waals surface area (Å²) >= 11 is 6.06. The number of fused-ring (bicyclic) bond motifs is 1. The van der Waals surface area contributed by atoms with Crippen molar-refractivity contribution in [1.29, 1.82) is 0 Å². The van der Waals surface area contributed by atoms with Gasteiger partial charge in [-0.25, -0.2) is 4.98 Å². The number of benzene rings is 1. The van der Waals surface area contributed by atoms with Crippen LogP contribution >= 0.6 is 11.6 Å². The standard InChI is InChI=1S/C18H25ClN4O/c1-23(12-17-21-15-3-2-13(19)10-16(15)22-17)14-4-9-24-18(11-14)5-7-20-8-6-18/h2-3,10,14,20H,4-9,11-12H2,1H3,(H,21,22). The number of hydrogen-bond acceptors (Lipinski definition) is 4. The van der Waals surface area contributed by atoms with Crippen molar-refractivity contribution in [3.63, 3.8) is 0 Å². The molecule has 0 radical (unpaired) electrons. The molecule has 2 N–H and O–H groups in total. The Morgan fingerprint density at radius 1 is 1.38 bits per heavy atom. The van der Waals surface area contributed by atoms with Gasteiger partial charge in [0.25, 0.3) is 0 Å². The van der Waals surface area contributed by atoms with Crippen LogP contribution in [0.5, 0.6) is 0 Å². The smallest absolute Gasteiger partial charge is 0.121 e. The average molecular weight is 349 g/mol. The minimum Gasteiger partial charge on any atom is -0.375 e. The third-order valence-electron chi connectivity index (χ3n) is 5.50. The fraction of sp³-hybridized carbons (Fsp3) is 0.611. The van der Waals surface area contributed by atoms with E-state index in [9.17, 15) is 0 Å². The van der Waals surface area contributed by atoms with E-state index >= 15 is 0 Å². The topological polar surface area (TPSA) is 53.2 Å². The molecule has 130 valence electrons. The summed E-state index contributed by atoms with van der Waals surface area (Å²) in [7, 11) is 2.20. The van der Waals surface area contributed by atoms with E-state index in [-0.39, 0.29) is 5.60 Å². The molecule has 4 rings (SSSR count). The number of nitrogens with zero attached hydrogens (tertiary/aromatic N) is 2. The highest BCUT2D eigenvalue weighted by molar-refractivity contribution is 6.31. The maximum Gasteiger partial charge on any atom is 0.121 e. The van der Waals surface area contributed by atoms with E-state index in [1.807, 2.05) is 18.2 Å². The molecular formula is C18H25ClN4O. The predicted octanol–water partition coefficient (Wildman–Crippen LogP) is 2.95. The molecule has 1 aromatic carbocycles. The second-order valence-electron chi connectivity index (χ2n) is 7.19. The molecule has 2 saturated heterocycles. The fourth-order valence-electron chi connectivity index (χ4n) is 4.08. The quantitative estimate of drug-likeness (QED) is 0.895. The largest absolute Gasteiger partial charge is 0.375 e. The highest BCUT2D eigenvalue weighted by Crippen LogP contribution is 2.35. The van der Waals surface area contributed by atoms with Gasteiger partial charge in [-0.1, -0.05) is 11.6 Å². The van der Waals surface area contributed by atoms with Gasteiger partial charge in [-0.3, -0.25) is 4.90 Å². The van der Waals surface area contributed by atoms with Crippen molar-refractivity contribution in [3.8, 4) is 0 Å². The van der Waals surface area contributed by atoms with Crippen LogP contribution in [0, 0.1) is 0 Å². The summed E-state index contributed by atoms with van der Waals surface area (Å²) in [4.78, 5) is 10.5. The van der Waals surface area contributed by atoms with Crippen molar-refractivity contribution < 1.29 is 4.74 Å². The lowest BCUT2D eigenvalue weighted by atomic mass is 9.82. The van der Waals surface area contributed by atoms with E-state index < -0.39 is 0 Å². The van der Waals surface area contributed by atoms with Crippen LogP contribution in [-0.2, 0) is 11.3 Å². The zero-order chi connectivity index (χ0) is 16.6. The van der Waals surface area contributed by atoms with Gasteiger partial charge >= 0.3 is 0 Å². The Bertz CT molecular complexity index is 705. The highest BCUT2D eigenvalue weighted by atomic mass is 35.5. The molecule has 0 amide bonds. The van der Waals surface area contributed by atoms with E-state index in [4.69, 9.17) is 21.3 Å². The lowest BCUT2D eigenvalue weighted by molar-refractivity contribution is -0.119. The van der Waals surface area contributed by atoms with Gasteiger partial charge in [-0.15, -0.1) is 0 Å². The molecule has 3 heterocycles. The first-order valence-electron chi connectivity index (χ1n) is 8.83. The van der Waals surface area contributed by atoms with Crippen LogP contribution < -0.4 is 5.32 Å². The Labute approximate surface area is 147 Å². The number of hydrogen-bond donors (Lipinski definition) is 2. The number of nitrogens with one attached hydrogen (secondary N) is 2. The summed E-state index contributed by atoms with van der Waals surface area (Å²) in [6, 6.07) is 6.34. The average Bonchev–Trinajstić information content (AvgIpc) is 2.97. The van der Waals surface area contributed by atoms with Crippen molar-refractivity contribution in [2.24, 2.45) is 0 Å². The lowest BCUT2D eigenvalue weighted by Crippen LogP contribution is -2.52. The van der Waals surface area contributed by atoms with Gasteiger partial charge in [0.15, 0.2) is 0 Å². The molecule has 24 heavy (non-hydrogen) atoms. The van der Waals surface area contributed by atoms with Gasteiger partial charge in [-0.05, 0) is 64.0 Å². The third-order valence-corrected chi connectivity index (χ3v) is 5.73. The first-order chi connectivity index (χ1) is 11.6. The second-order valence-corrected chi connectivity index (χ2v) is 7.62. The molecule has 5 nitrogen and oxygen atoms in total. The number of imidazole rings is 1. The minimum absolute atomic E-state index is 0.0871. The van der Waals surface area contributed by atoms with Crippen LogP contribution in [-0.4, -0.2) is 53.3 Å². The zero-order valence-electron chi connectivity index (χ0n) is 14.1. The highest BCUT2D eigenvalue weighted by Gasteiger charge is 2.39. The Balaban J connectivity index is 1.45. The van der Waals surface area contributed by atoms with E-state index in [1.54, 1.807) is 0 Å². The maximum atomic E-state index is 6.19. The summed E-state index contributed by atoms with van der Waals surface area (Å²) in [5, 5.41) is 4.18. The third kappa shape index (κ3) is 3.31. The summed E-state index contributed by atoms with van der Waals surface area (Å²) < 4.78 is 6.19. The summed E-state index contributed by atoms with van der Waals surface area (Å²) in [6.45, 7) is 3.83. The molecule has 2 aliphatic heterocycles. The fourth-order valence-corrected chi connectivity index (χ4v) is 4.26. The number of rotatable bonds is 3. The monoisotopic (exact) mass is 348 g/mol. The molecule has 0 saturated carbocycles. The number of ether oxygens (including phenoxy) is 1. The van der Waals surface area contributed by atoms with Gasteiger partial charge in [0, 0.05) is 17.7 Å². The second kappa shape index (κ2) is 6.64. The number of piperidine rings is 1. The number of aromatic nitrogens is 2. The van der Waals surface area contributed by atoms with E-state index in [1.165, 1.54) is 0 Å². The maximum absolute atomic E-state index is 6.19. The minimum atomic E-state index is 0.0871. The predicted molar refractivity (Wildman–Crippen MR) is 96.4 cm³/mol. The van der Waals surface area contributed by atoms with Gasteiger partial charge in [0.05, 0.1) is 23.2 Å². The van der Waals surface area contributed by atoms with Crippen LogP contribution in [0.3, 0.4) is 0 Å². The van der Waals surface area contributed by atoms with Crippen molar-refractivity contribution in [2.75, 3.05) is 26.7 Å². The van der Waals surface area contributed by atoms with Crippen LogP contribution in [0.4, 0.5) is 0 Å². The molecule has 1 aromatic heterocycles. The Morgan fingerprint density at radius 3 is 3.04 bits per heavy atom. The SMILES string of the molecule is CN(Cc1nc2ccc(Cl)cc2[nH]1)C1CCOC2(CCNCC2)C1. The van der Waals surface area contributed by atoms with Gasteiger partial charge in [-0.2, -0.15) is 0 Å². The Hall–Kier alpha value is -1.14. The normalized spacial score (nSPS) is 24.0. The number of H-pyrrole nitrogens is 1. The molecule has 2 aromatic rings. The first kappa shape index (κ1) is 16.3. The van der Waals surface area contributed by atoms with Gasteiger partial charge in [0.1, 0.15) is 5.82 Å². The summed E-state index contributed by atoms with van der Waals surface area (Å²) in [6.07, 6.45) is 4.47. The van der Waals surface area contributed by atoms with Crippen molar-refractivity contribution in [3.05, 3.63) is 29.0 Å². The van der Waals surface area contributed by atoms with Crippen molar-refractivity contribution >= 4 is 22.6 Å². The molecule has 1 spiro atoms. The summed E-state index contributed by atoms with van der Waals surface area (Å²) in [5.41, 5.74) is 2.07. The molecular weight excluding hydrogens is 324 g/mol. The number of halogens is 1. The van der Waals surface area contributed by atoms with E-state index in [0.29, 0.717) is 6.04 Å². The summed E-state index contributed by atoms with van der Waals surface area (Å²) in [5.74, 6) is 1.00. The Morgan fingerprint density at radius 2 is 2.21 bits per heavy atom. The Kier molecular flexibility index (Phi) is 4.52. The first-order valence-corrected chi connectivity index (χ1v) is 9.20. The van der Waals surface area contributed by atoms with E-state index in [2.05, 4.69) is 22.2 Å². The van der Waals surface area contributed by atoms with Gasteiger partial charge in [0.2, 0.25) is 0 Å². The van der Waals surface area contributed by atoms with Crippen LogP contribution in [0.25, 0.3) is 11.0 Å². The molecule has 6 heteroatoms. The zero-order valence-corrected chi connectivity index (χ0v) is 14.9. The van der Waals surface area contributed by atoms with Crippen molar-refractivity contribution in [2.45, 2.75) is 43.9 Å². The molecule has 0 bridgehead atoms. The molecule has 1 atom stereocenters. The molecule has 2 aliphatic rings. The van der Waals surface area contributed by atoms with E-state index in [0.717, 1.165) is 73.8 Å². The lowest BCUT2D eigenvalue weighted by Gasteiger charge is -2.45. The van der Waals surface area contributed by atoms with Crippen LogP contribution in [0.1, 0.15) is 31.5 Å². The van der Waals surface area contributed by atoms with Crippen LogP contribution in [0.2, 0.25) is 5.02 Å². The molecule has 0 aliphatic carbocycles. The van der Waals surface area contributed by atoms with Crippen molar-refractivity contribution in [1.82, 2.24) is 20.2 Å². The number of aromatic amines is 1. The molecule has 2 fully saturated rings. The van der Waals surface area contributed by atoms with Gasteiger partial charge < -0.3 is 15.0 Å². The molecule has 1 unspecified atom stereocenters.